The van der Waals surface area contributed by atoms with Gasteiger partial charge in [0.1, 0.15) is 18.9 Å². The van der Waals surface area contributed by atoms with Gasteiger partial charge in [0.05, 0.1) is 11.9 Å². The quantitative estimate of drug-likeness (QED) is 0.375. The minimum absolute atomic E-state index is 0.272. The monoisotopic (exact) mass is 498 g/mol. The van der Waals surface area contributed by atoms with E-state index in [1.807, 2.05) is 30.3 Å². The Kier molecular flexibility index (Phi) is 9.42. The maximum absolute atomic E-state index is 12.4. The van der Waals surface area contributed by atoms with Crippen molar-refractivity contribution in [1.29, 1.82) is 0 Å². The Balaban J connectivity index is 1.47. The third kappa shape index (κ3) is 8.43. The summed E-state index contributed by atoms with van der Waals surface area (Å²) in [5.74, 6) is 1.89. The highest BCUT2D eigenvalue weighted by atomic mass is 32.2. The molecule has 3 aromatic rings. The highest BCUT2D eigenvalue weighted by Gasteiger charge is 2.20. The number of thioether (sulfide) groups is 1. The minimum Gasteiger partial charge on any atom is -0.489 e. The van der Waals surface area contributed by atoms with E-state index in [0.717, 1.165) is 27.6 Å². The van der Waals surface area contributed by atoms with Gasteiger partial charge in [0.2, 0.25) is 15.9 Å². The number of anilines is 1. The van der Waals surface area contributed by atoms with Gasteiger partial charge in [-0.3, -0.25) is 9.10 Å². The van der Waals surface area contributed by atoms with E-state index in [1.54, 1.807) is 36.0 Å². The lowest BCUT2D eigenvalue weighted by molar-refractivity contribution is -0.119. The van der Waals surface area contributed by atoms with Crippen molar-refractivity contribution in [3.8, 4) is 5.75 Å². The Morgan fingerprint density at radius 2 is 1.62 bits per heavy atom. The van der Waals surface area contributed by atoms with E-state index in [1.165, 1.54) is 11.1 Å². The lowest BCUT2D eigenvalue weighted by Crippen LogP contribution is -2.41. The Morgan fingerprint density at radius 3 is 2.26 bits per heavy atom. The number of rotatable bonds is 12. The molecule has 0 bridgehead atoms. The van der Waals surface area contributed by atoms with Gasteiger partial charge in [-0.25, -0.2) is 8.42 Å². The molecular weight excluding hydrogens is 468 g/mol. The summed E-state index contributed by atoms with van der Waals surface area (Å²) in [5, 5.41) is 2.81. The molecule has 3 aromatic carbocycles. The summed E-state index contributed by atoms with van der Waals surface area (Å²) in [6.45, 7) is 2.67. The van der Waals surface area contributed by atoms with Crippen LogP contribution in [0.1, 0.15) is 16.7 Å². The SMILES string of the molecule is Cc1ccc(CSCCNC(=O)CN(c2ccc(OCc3ccccc3)cc2)S(C)(=O)=O)cc1. The molecule has 1 N–H and O–H groups in total. The Hall–Kier alpha value is -2.97. The standard InChI is InChI=1S/C26H30N2O4S2/c1-21-8-10-23(11-9-21)20-33-17-16-27-26(29)18-28(34(2,30)31)24-12-14-25(15-13-24)32-19-22-6-4-3-5-7-22/h3-15H,16-20H2,1-2H3,(H,27,29). The average Bonchev–Trinajstić information content (AvgIpc) is 2.82. The van der Waals surface area contributed by atoms with Crippen LogP contribution in [0.5, 0.6) is 5.75 Å². The number of carbonyl (C=O) groups excluding carboxylic acids is 1. The maximum Gasteiger partial charge on any atom is 0.240 e. The van der Waals surface area contributed by atoms with Crippen LogP contribution in [0.4, 0.5) is 5.69 Å². The molecule has 1 amide bonds. The molecule has 0 spiro atoms. The topological polar surface area (TPSA) is 75.7 Å². The average molecular weight is 499 g/mol. The van der Waals surface area contributed by atoms with Gasteiger partial charge in [-0.05, 0) is 42.3 Å². The third-order valence-electron chi connectivity index (χ3n) is 5.02. The van der Waals surface area contributed by atoms with E-state index in [-0.39, 0.29) is 12.5 Å². The molecule has 3 rings (SSSR count). The van der Waals surface area contributed by atoms with E-state index >= 15 is 0 Å². The first-order valence-corrected chi connectivity index (χ1v) is 14.0. The summed E-state index contributed by atoms with van der Waals surface area (Å²) in [6, 6.07) is 24.8. The van der Waals surface area contributed by atoms with Crippen molar-refractivity contribution < 1.29 is 17.9 Å². The molecule has 0 saturated carbocycles. The van der Waals surface area contributed by atoms with Gasteiger partial charge in [0, 0.05) is 18.1 Å². The number of nitrogens with zero attached hydrogens (tertiary/aromatic N) is 1. The molecule has 0 aliphatic heterocycles. The van der Waals surface area contributed by atoms with Crippen LogP contribution in [-0.2, 0) is 27.2 Å². The van der Waals surface area contributed by atoms with E-state index in [4.69, 9.17) is 4.74 Å². The minimum atomic E-state index is -3.63. The second-order valence-electron chi connectivity index (χ2n) is 7.93. The largest absolute Gasteiger partial charge is 0.489 e. The summed E-state index contributed by atoms with van der Waals surface area (Å²) >= 11 is 1.72. The molecular formula is C26H30N2O4S2. The second-order valence-corrected chi connectivity index (χ2v) is 10.9. The lowest BCUT2D eigenvalue weighted by Gasteiger charge is -2.22. The molecule has 0 saturated heterocycles. The number of amides is 1. The smallest absolute Gasteiger partial charge is 0.240 e. The van der Waals surface area contributed by atoms with Crippen LogP contribution in [0.25, 0.3) is 0 Å². The maximum atomic E-state index is 12.4. The number of hydrogen-bond donors (Lipinski definition) is 1. The molecule has 0 unspecified atom stereocenters. The molecule has 0 radical (unpaired) electrons. The van der Waals surface area contributed by atoms with Crippen LogP contribution in [0.15, 0.2) is 78.9 Å². The van der Waals surface area contributed by atoms with E-state index in [0.29, 0.717) is 24.6 Å². The van der Waals surface area contributed by atoms with Gasteiger partial charge in [-0.1, -0.05) is 60.2 Å². The van der Waals surface area contributed by atoms with Gasteiger partial charge in [-0.2, -0.15) is 11.8 Å². The zero-order valence-electron chi connectivity index (χ0n) is 19.4. The predicted octanol–water partition coefficient (Wildman–Crippen LogP) is 4.39. The molecule has 180 valence electrons. The van der Waals surface area contributed by atoms with Crippen LogP contribution in [0, 0.1) is 6.92 Å². The van der Waals surface area contributed by atoms with Gasteiger partial charge in [0.25, 0.3) is 0 Å². The molecule has 0 fully saturated rings. The van der Waals surface area contributed by atoms with Gasteiger partial charge < -0.3 is 10.1 Å². The van der Waals surface area contributed by atoms with Gasteiger partial charge in [-0.15, -0.1) is 0 Å². The van der Waals surface area contributed by atoms with Crippen molar-refractivity contribution in [1.82, 2.24) is 5.32 Å². The van der Waals surface area contributed by atoms with E-state index in [2.05, 4.69) is 36.5 Å². The zero-order chi connectivity index (χ0) is 24.4. The van der Waals surface area contributed by atoms with Crippen molar-refractivity contribution in [2.45, 2.75) is 19.3 Å². The zero-order valence-corrected chi connectivity index (χ0v) is 21.1. The number of nitrogens with one attached hydrogen (secondary N) is 1. The molecule has 0 aliphatic carbocycles. The first kappa shape index (κ1) is 25.6. The Bertz CT molecular complexity index is 1150. The van der Waals surface area contributed by atoms with Crippen molar-refractivity contribution >= 4 is 33.4 Å². The molecule has 0 aromatic heterocycles. The van der Waals surface area contributed by atoms with Crippen molar-refractivity contribution in [3.63, 3.8) is 0 Å². The summed E-state index contributed by atoms with van der Waals surface area (Å²) < 4.78 is 31.5. The van der Waals surface area contributed by atoms with Crippen LogP contribution in [-0.4, -0.2) is 39.4 Å². The predicted molar refractivity (Wildman–Crippen MR) is 140 cm³/mol. The number of hydrogen-bond acceptors (Lipinski definition) is 5. The fourth-order valence-corrected chi connectivity index (χ4v) is 4.85. The molecule has 0 atom stereocenters. The van der Waals surface area contributed by atoms with Crippen molar-refractivity contribution in [3.05, 3.63) is 95.6 Å². The number of sulfonamides is 1. The highest BCUT2D eigenvalue weighted by molar-refractivity contribution is 7.98. The number of benzene rings is 3. The van der Waals surface area contributed by atoms with Crippen LogP contribution in [0.3, 0.4) is 0 Å². The molecule has 34 heavy (non-hydrogen) atoms. The fraction of sp³-hybridized carbons (Fsp3) is 0.269. The first-order valence-electron chi connectivity index (χ1n) is 11.0. The summed E-state index contributed by atoms with van der Waals surface area (Å²) in [6.07, 6.45) is 1.09. The van der Waals surface area contributed by atoms with Gasteiger partial charge in [0.15, 0.2) is 0 Å². The summed E-state index contributed by atoms with van der Waals surface area (Å²) in [7, 11) is -3.63. The van der Waals surface area contributed by atoms with E-state index < -0.39 is 10.0 Å². The molecule has 0 aliphatic rings. The molecule has 6 nitrogen and oxygen atoms in total. The first-order chi connectivity index (χ1) is 16.3. The van der Waals surface area contributed by atoms with Gasteiger partial charge >= 0.3 is 0 Å². The summed E-state index contributed by atoms with van der Waals surface area (Å²) in [4.78, 5) is 12.4. The molecule has 0 heterocycles. The fourth-order valence-electron chi connectivity index (χ4n) is 3.17. The lowest BCUT2D eigenvalue weighted by atomic mass is 10.2. The number of aryl methyl sites for hydroxylation is 1. The van der Waals surface area contributed by atoms with Crippen LogP contribution in [0.2, 0.25) is 0 Å². The van der Waals surface area contributed by atoms with Crippen LogP contribution < -0.4 is 14.4 Å². The molecule has 8 heteroatoms. The Labute approximate surface area is 206 Å². The Morgan fingerprint density at radius 1 is 0.941 bits per heavy atom. The number of carbonyl (C=O) groups is 1. The highest BCUT2D eigenvalue weighted by Crippen LogP contribution is 2.22. The second kappa shape index (κ2) is 12.5. The van der Waals surface area contributed by atoms with Crippen molar-refractivity contribution in [2.75, 3.05) is 29.4 Å². The van der Waals surface area contributed by atoms with Crippen LogP contribution >= 0.6 is 11.8 Å². The number of ether oxygens (including phenoxy) is 1. The third-order valence-corrected chi connectivity index (χ3v) is 7.19. The van der Waals surface area contributed by atoms with E-state index in [9.17, 15) is 13.2 Å². The summed E-state index contributed by atoms with van der Waals surface area (Å²) in [5.41, 5.74) is 3.92. The normalized spacial score (nSPS) is 11.1. The van der Waals surface area contributed by atoms with Crippen molar-refractivity contribution in [2.24, 2.45) is 0 Å².